The van der Waals surface area contributed by atoms with Crippen LogP contribution in [-0.2, 0) is 6.42 Å². The number of likely N-dealkylation sites (N-methyl/N-ethyl adjacent to an activating group) is 1. The fourth-order valence-corrected chi connectivity index (χ4v) is 1.25. The maximum Gasteiger partial charge on any atom is 0.278 e. The Labute approximate surface area is 90.3 Å². The van der Waals surface area contributed by atoms with Crippen LogP contribution in [-0.4, -0.2) is 23.7 Å². The molecule has 0 aromatic heterocycles. The minimum atomic E-state index is -0.183. The molecule has 2 nitrogen and oxygen atoms in total. The first-order valence-corrected chi connectivity index (χ1v) is 5.04. The Morgan fingerprint density at radius 3 is 2.43 bits per heavy atom. The molecule has 14 heavy (non-hydrogen) atoms. The molecule has 0 aliphatic rings. The number of nitrogens with zero attached hydrogens (tertiary/aromatic N) is 1. The van der Waals surface area contributed by atoms with Crippen LogP contribution in [0.3, 0.4) is 0 Å². The molecule has 0 saturated carbocycles. The fraction of sp³-hybridized carbons (Fsp3) is 0.364. The van der Waals surface area contributed by atoms with E-state index in [4.69, 9.17) is 0 Å². The fourth-order valence-electron chi connectivity index (χ4n) is 1.15. The maximum absolute atomic E-state index is 10.8. The molecule has 1 rings (SSSR count). The Kier molecular flexibility index (Phi) is 4.01. The molecule has 0 radical (unpaired) electrons. The number of thiol groups is 1. The number of carbonyl (C=O) groups excluding carboxylic acids is 1. The average Bonchev–Trinajstić information content (AvgIpc) is 2.16. The summed E-state index contributed by atoms with van der Waals surface area (Å²) >= 11 is 3.74. The summed E-state index contributed by atoms with van der Waals surface area (Å²) in [4.78, 5) is 12.4. The lowest BCUT2D eigenvalue weighted by atomic mass is 10.1. The third kappa shape index (κ3) is 3.42. The lowest BCUT2D eigenvalue weighted by molar-refractivity contribution is 0.234. The van der Waals surface area contributed by atoms with Crippen molar-refractivity contribution in [3.05, 3.63) is 35.4 Å². The lowest BCUT2D eigenvalue weighted by Crippen LogP contribution is -2.23. The van der Waals surface area contributed by atoms with E-state index in [9.17, 15) is 4.79 Å². The molecule has 0 spiro atoms. The number of hydrogen-bond acceptors (Lipinski definition) is 1. The molecule has 1 aromatic rings. The van der Waals surface area contributed by atoms with Gasteiger partial charge in [-0.25, -0.2) is 0 Å². The van der Waals surface area contributed by atoms with Crippen LogP contribution in [0.2, 0.25) is 0 Å². The van der Waals surface area contributed by atoms with Crippen LogP contribution in [0.15, 0.2) is 24.3 Å². The van der Waals surface area contributed by atoms with Crippen molar-refractivity contribution in [2.45, 2.75) is 13.3 Å². The van der Waals surface area contributed by atoms with Gasteiger partial charge in [0.25, 0.3) is 5.24 Å². The molecule has 0 aliphatic carbocycles. The van der Waals surface area contributed by atoms with Crippen molar-refractivity contribution in [3.8, 4) is 0 Å². The summed E-state index contributed by atoms with van der Waals surface area (Å²) in [6.45, 7) is 2.78. The molecule has 3 heteroatoms. The van der Waals surface area contributed by atoms with E-state index in [1.165, 1.54) is 11.1 Å². The molecule has 0 saturated heterocycles. The van der Waals surface area contributed by atoms with Crippen molar-refractivity contribution in [1.29, 1.82) is 0 Å². The van der Waals surface area contributed by atoms with Gasteiger partial charge in [0.05, 0.1) is 0 Å². The van der Waals surface area contributed by atoms with E-state index in [1.807, 2.05) is 0 Å². The van der Waals surface area contributed by atoms with Crippen LogP contribution >= 0.6 is 12.6 Å². The van der Waals surface area contributed by atoms with Gasteiger partial charge >= 0.3 is 0 Å². The molecule has 0 atom stereocenters. The second kappa shape index (κ2) is 5.05. The van der Waals surface area contributed by atoms with Crippen LogP contribution < -0.4 is 0 Å². The monoisotopic (exact) mass is 209 g/mol. The van der Waals surface area contributed by atoms with Gasteiger partial charge in [-0.05, 0) is 18.9 Å². The normalized spacial score (nSPS) is 9.93. The summed E-state index contributed by atoms with van der Waals surface area (Å²) in [5.41, 5.74) is 2.50. The summed E-state index contributed by atoms with van der Waals surface area (Å²) in [6.07, 6.45) is 0.878. The Hall–Kier alpha value is -0.960. The second-order valence-electron chi connectivity index (χ2n) is 3.44. The number of rotatable bonds is 3. The van der Waals surface area contributed by atoms with Gasteiger partial charge in [0.15, 0.2) is 0 Å². The van der Waals surface area contributed by atoms with E-state index in [2.05, 4.69) is 43.8 Å². The Morgan fingerprint density at radius 1 is 1.36 bits per heavy atom. The largest absolute Gasteiger partial charge is 0.337 e. The highest BCUT2D eigenvalue weighted by Gasteiger charge is 2.02. The first-order chi connectivity index (χ1) is 6.59. The zero-order valence-electron chi connectivity index (χ0n) is 8.53. The number of hydrogen-bond donors (Lipinski definition) is 1. The highest BCUT2D eigenvalue weighted by molar-refractivity contribution is 7.96. The summed E-state index contributed by atoms with van der Waals surface area (Å²) in [6, 6.07) is 8.34. The van der Waals surface area contributed by atoms with Crippen LogP contribution in [0, 0.1) is 6.92 Å². The van der Waals surface area contributed by atoms with Gasteiger partial charge in [-0.3, -0.25) is 4.79 Å². The van der Waals surface area contributed by atoms with Gasteiger partial charge in [-0.1, -0.05) is 42.5 Å². The van der Waals surface area contributed by atoms with Crippen LogP contribution in [0.4, 0.5) is 4.79 Å². The first kappa shape index (κ1) is 11.1. The minimum Gasteiger partial charge on any atom is -0.337 e. The van der Waals surface area contributed by atoms with Gasteiger partial charge in [-0.2, -0.15) is 0 Å². The molecule has 76 valence electrons. The number of aryl methyl sites for hydroxylation is 1. The van der Waals surface area contributed by atoms with Gasteiger partial charge in [0.2, 0.25) is 0 Å². The number of benzene rings is 1. The van der Waals surface area contributed by atoms with Crippen molar-refractivity contribution in [2.24, 2.45) is 0 Å². The van der Waals surface area contributed by atoms with Gasteiger partial charge < -0.3 is 4.90 Å². The highest BCUT2D eigenvalue weighted by Crippen LogP contribution is 2.05. The molecule has 0 fully saturated rings. The Morgan fingerprint density at radius 2 is 1.93 bits per heavy atom. The number of amides is 1. The molecule has 0 N–H and O–H groups in total. The summed E-state index contributed by atoms with van der Waals surface area (Å²) in [5, 5.41) is -0.183. The maximum atomic E-state index is 10.8. The topological polar surface area (TPSA) is 20.3 Å². The van der Waals surface area contributed by atoms with Crippen LogP contribution in [0.25, 0.3) is 0 Å². The molecule has 0 aliphatic heterocycles. The number of carbonyl (C=O) groups is 1. The predicted octanol–water partition coefficient (Wildman–Crippen LogP) is 2.52. The Balaban J connectivity index is 2.46. The third-order valence-electron chi connectivity index (χ3n) is 2.18. The molecule has 0 heterocycles. The zero-order valence-corrected chi connectivity index (χ0v) is 9.42. The van der Waals surface area contributed by atoms with Gasteiger partial charge in [0, 0.05) is 13.6 Å². The molecular weight excluding hydrogens is 194 g/mol. The molecule has 0 bridgehead atoms. The van der Waals surface area contributed by atoms with E-state index in [0.717, 1.165) is 6.42 Å². The average molecular weight is 209 g/mol. The van der Waals surface area contributed by atoms with Gasteiger partial charge in [-0.15, -0.1) is 0 Å². The quantitative estimate of drug-likeness (QED) is 0.758. The Bertz CT molecular complexity index is 308. The van der Waals surface area contributed by atoms with E-state index in [0.29, 0.717) is 6.54 Å². The molecule has 1 aromatic carbocycles. The van der Waals surface area contributed by atoms with Crippen molar-refractivity contribution < 1.29 is 4.79 Å². The highest BCUT2D eigenvalue weighted by atomic mass is 32.1. The van der Waals surface area contributed by atoms with Gasteiger partial charge in [0.1, 0.15) is 0 Å². The van der Waals surface area contributed by atoms with Crippen molar-refractivity contribution in [2.75, 3.05) is 13.6 Å². The molecule has 1 amide bonds. The van der Waals surface area contributed by atoms with Crippen molar-refractivity contribution in [1.82, 2.24) is 4.90 Å². The second-order valence-corrected chi connectivity index (χ2v) is 3.82. The summed E-state index contributed by atoms with van der Waals surface area (Å²) < 4.78 is 0. The predicted molar refractivity (Wildman–Crippen MR) is 61.9 cm³/mol. The summed E-state index contributed by atoms with van der Waals surface area (Å²) in [7, 11) is 1.75. The van der Waals surface area contributed by atoms with E-state index < -0.39 is 0 Å². The smallest absolute Gasteiger partial charge is 0.278 e. The standard InChI is InChI=1S/C11H15NOS/c1-9-3-5-10(6-4-9)7-8-12(2)11(13)14/h3-6H,7-8H2,1-2H3,(H,13,14). The van der Waals surface area contributed by atoms with Crippen LogP contribution in [0.1, 0.15) is 11.1 Å². The third-order valence-corrected chi connectivity index (χ3v) is 2.52. The molecular formula is C11H15NOS. The zero-order chi connectivity index (χ0) is 10.6. The summed E-state index contributed by atoms with van der Waals surface area (Å²) in [5.74, 6) is 0. The minimum absolute atomic E-state index is 0.183. The van der Waals surface area contributed by atoms with E-state index in [1.54, 1.807) is 11.9 Å². The van der Waals surface area contributed by atoms with Crippen molar-refractivity contribution in [3.63, 3.8) is 0 Å². The molecule has 0 unspecified atom stereocenters. The van der Waals surface area contributed by atoms with E-state index in [-0.39, 0.29) is 5.24 Å². The van der Waals surface area contributed by atoms with Crippen LogP contribution in [0.5, 0.6) is 0 Å². The lowest BCUT2D eigenvalue weighted by Gasteiger charge is -2.13. The SMILES string of the molecule is Cc1ccc(CCN(C)C(=O)S)cc1. The first-order valence-electron chi connectivity index (χ1n) is 4.59. The van der Waals surface area contributed by atoms with Crippen molar-refractivity contribution >= 4 is 17.9 Å². The van der Waals surface area contributed by atoms with E-state index >= 15 is 0 Å².